The molecule has 0 saturated carbocycles. The number of amides is 1. The number of carbonyl (C=O) groups is 2. The Labute approximate surface area is 220 Å². The summed E-state index contributed by atoms with van der Waals surface area (Å²) in [6, 6.07) is 12.2. The van der Waals surface area contributed by atoms with Crippen molar-refractivity contribution in [1.29, 1.82) is 0 Å². The number of halogens is 1. The van der Waals surface area contributed by atoms with Crippen LogP contribution >= 0.6 is 11.6 Å². The second-order valence-corrected chi connectivity index (χ2v) is 9.26. The molecule has 0 bridgehead atoms. The lowest BCUT2D eigenvalue weighted by Crippen LogP contribution is -2.30. The van der Waals surface area contributed by atoms with E-state index in [2.05, 4.69) is 0 Å². The molecule has 1 unspecified atom stereocenters. The third-order valence-corrected chi connectivity index (χ3v) is 6.95. The van der Waals surface area contributed by atoms with Gasteiger partial charge in [-0.15, -0.1) is 0 Å². The van der Waals surface area contributed by atoms with Crippen molar-refractivity contribution in [3.05, 3.63) is 86.9 Å². The molecule has 0 aliphatic carbocycles. The maximum atomic E-state index is 13.5. The van der Waals surface area contributed by atoms with Crippen LogP contribution in [0.1, 0.15) is 40.8 Å². The molecule has 3 aromatic carbocycles. The molecule has 192 valence electrons. The third kappa shape index (κ3) is 4.51. The van der Waals surface area contributed by atoms with Crippen molar-refractivity contribution < 1.29 is 29.3 Å². The first-order valence-electron chi connectivity index (χ1n) is 11.8. The summed E-state index contributed by atoms with van der Waals surface area (Å²) >= 11 is 6.37. The van der Waals surface area contributed by atoms with Gasteiger partial charge >= 0.3 is 0 Å². The molecular weight excluding hydrogens is 494 g/mol. The first-order chi connectivity index (χ1) is 17.6. The smallest absolute Gasteiger partial charge is 0.300 e. The highest BCUT2D eigenvalue weighted by molar-refractivity contribution is 6.52. The van der Waals surface area contributed by atoms with Crippen LogP contribution in [0.3, 0.4) is 0 Å². The van der Waals surface area contributed by atoms with Gasteiger partial charge in [-0.1, -0.05) is 23.7 Å². The molecule has 1 atom stereocenters. The number of Topliss-reactive ketones (excluding diaryl/α,β-unsaturated/α-hetero) is 1. The van der Waals surface area contributed by atoms with E-state index in [0.29, 0.717) is 45.3 Å². The summed E-state index contributed by atoms with van der Waals surface area (Å²) < 4.78 is 10.9. The first kappa shape index (κ1) is 26.1. The Balaban J connectivity index is 2.02. The van der Waals surface area contributed by atoms with E-state index >= 15 is 0 Å². The van der Waals surface area contributed by atoms with Crippen LogP contribution in [-0.2, 0) is 9.59 Å². The summed E-state index contributed by atoms with van der Waals surface area (Å²) in [5.41, 5.74) is 3.28. The number of ether oxygens (including phenoxy) is 2. The number of aliphatic hydroxyl groups excluding tert-OH is 1. The van der Waals surface area contributed by atoms with Gasteiger partial charge in [-0.05, 0) is 86.3 Å². The average molecular weight is 522 g/mol. The number of aliphatic hydroxyl groups is 1. The summed E-state index contributed by atoms with van der Waals surface area (Å²) in [4.78, 5) is 28.4. The number of ketones is 1. The number of methoxy groups -OCH3 is 1. The van der Waals surface area contributed by atoms with Crippen molar-refractivity contribution in [1.82, 2.24) is 0 Å². The van der Waals surface area contributed by atoms with Crippen LogP contribution in [0.4, 0.5) is 5.69 Å². The minimum absolute atomic E-state index is 0.0785. The molecule has 1 saturated heterocycles. The average Bonchev–Trinajstić information content (AvgIpc) is 3.13. The third-order valence-electron chi connectivity index (χ3n) is 6.54. The molecule has 0 spiro atoms. The summed E-state index contributed by atoms with van der Waals surface area (Å²) in [6.07, 6.45) is 0. The van der Waals surface area contributed by atoms with Gasteiger partial charge in [0.25, 0.3) is 11.7 Å². The molecule has 3 aromatic rings. The van der Waals surface area contributed by atoms with E-state index in [9.17, 15) is 19.8 Å². The second-order valence-electron chi connectivity index (χ2n) is 8.85. The monoisotopic (exact) mass is 521 g/mol. The fourth-order valence-electron chi connectivity index (χ4n) is 4.64. The zero-order valence-corrected chi connectivity index (χ0v) is 22.0. The van der Waals surface area contributed by atoms with Crippen molar-refractivity contribution in [2.45, 2.75) is 33.7 Å². The number of aromatic hydroxyl groups is 1. The standard InChI is InChI=1S/C29H28ClNO6/c1-6-37-24-14-18(10-11-22(24)32)26-25(27(33)19-12-16(3)23(36-5)13-15(19)2)28(34)29(35)31(26)21-9-7-8-20(30)17(21)4/h7-14,26,32-33H,6H2,1-5H3/b27-25+. The van der Waals surface area contributed by atoms with Crippen LogP contribution in [0.5, 0.6) is 17.2 Å². The summed E-state index contributed by atoms with van der Waals surface area (Å²) in [5, 5.41) is 22.3. The predicted molar refractivity (Wildman–Crippen MR) is 143 cm³/mol. The van der Waals surface area contributed by atoms with Crippen LogP contribution in [0, 0.1) is 20.8 Å². The Morgan fingerprint density at radius 2 is 1.76 bits per heavy atom. The fourth-order valence-corrected chi connectivity index (χ4v) is 4.80. The number of hydrogen-bond donors (Lipinski definition) is 2. The molecule has 1 aliphatic heterocycles. The molecule has 1 amide bonds. The number of anilines is 1. The number of aryl methyl sites for hydroxylation is 2. The maximum Gasteiger partial charge on any atom is 0.300 e. The normalized spacial score (nSPS) is 16.8. The highest BCUT2D eigenvalue weighted by Gasteiger charge is 2.47. The highest BCUT2D eigenvalue weighted by Crippen LogP contribution is 2.46. The van der Waals surface area contributed by atoms with Crippen molar-refractivity contribution in [3.8, 4) is 17.2 Å². The van der Waals surface area contributed by atoms with E-state index in [1.807, 2.05) is 6.92 Å². The van der Waals surface area contributed by atoms with Crippen LogP contribution in [-0.4, -0.2) is 35.6 Å². The van der Waals surface area contributed by atoms with Gasteiger partial charge in [-0.3, -0.25) is 14.5 Å². The predicted octanol–water partition coefficient (Wildman–Crippen LogP) is 6.00. The van der Waals surface area contributed by atoms with Gasteiger partial charge in [0.2, 0.25) is 0 Å². The number of nitrogens with zero attached hydrogens (tertiary/aromatic N) is 1. The highest BCUT2D eigenvalue weighted by atomic mass is 35.5. The van der Waals surface area contributed by atoms with E-state index < -0.39 is 17.7 Å². The van der Waals surface area contributed by atoms with Gasteiger partial charge in [-0.25, -0.2) is 0 Å². The SMILES string of the molecule is CCOc1cc(C2/C(=C(\O)c3cc(C)c(OC)cc3C)C(=O)C(=O)N2c2cccc(Cl)c2C)ccc1O. The van der Waals surface area contributed by atoms with Crippen molar-refractivity contribution >= 4 is 34.7 Å². The molecule has 0 radical (unpaired) electrons. The van der Waals surface area contributed by atoms with E-state index in [1.54, 1.807) is 70.3 Å². The molecule has 2 N–H and O–H groups in total. The Morgan fingerprint density at radius 1 is 1.03 bits per heavy atom. The molecule has 4 rings (SSSR count). The second kappa shape index (κ2) is 10.2. The maximum absolute atomic E-state index is 13.5. The number of phenols is 1. The van der Waals surface area contributed by atoms with E-state index in [0.717, 1.165) is 5.56 Å². The lowest BCUT2D eigenvalue weighted by Gasteiger charge is -2.27. The van der Waals surface area contributed by atoms with Gasteiger partial charge in [0.05, 0.1) is 25.3 Å². The zero-order chi connectivity index (χ0) is 27.0. The topological polar surface area (TPSA) is 96.3 Å². The number of benzene rings is 3. The lowest BCUT2D eigenvalue weighted by atomic mass is 9.92. The number of rotatable bonds is 6. The van der Waals surface area contributed by atoms with Gasteiger partial charge in [0, 0.05) is 16.3 Å². The first-order valence-corrected chi connectivity index (χ1v) is 12.2. The summed E-state index contributed by atoms with van der Waals surface area (Å²) in [5.74, 6) is -1.18. The van der Waals surface area contributed by atoms with Crippen molar-refractivity contribution in [2.24, 2.45) is 0 Å². The Morgan fingerprint density at radius 3 is 2.43 bits per heavy atom. The summed E-state index contributed by atoms with van der Waals surface area (Å²) in [7, 11) is 1.56. The van der Waals surface area contributed by atoms with Gasteiger partial charge in [0.15, 0.2) is 11.5 Å². The Kier molecular flexibility index (Phi) is 7.18. The van der Waals surface area contributed by atoms with Crippen LogP contribution < -0.4 is 14.4 Å². The lowest BCUT2D eigenvalue weighted by molar-refractivity contribution is -0.132. The minimum atomic E-state index is -1.00. The molecule has 1 fully saturated rings. The molecule has 7 nitrogen and oxygen atoms in total. The van der Waals surface area contributed by atoms with Crippen molar-refractivity contribution in [3.63, 3.8) is 0 Å². The summed E-state index contributed by atoms with van der Waals surface area (Å²) in [6.45, 7) is 7.45. The Hall–Kier alpha value is -3.97. The van der Waals surface area contributed by atoms with E-state index in [-0.39, 0.29) is 22.8 Å². The molecule has 8 heteroatoms. The largest absolute Gasteiger partial charge is 0.507 e. The molecule has 1 heterocycles. The van der Waals surface area contributed by atoms with E-state index in [1.165, 1.54) is 11.0 Å². The fraction of sp³-hybridized carbons (Fsp3) is 0.241. The van der Waals surface area contributed by atoms with Crippen LogP contribution in [0.25, 0.3) is 5.76 Å². The van der Waals surface area contributed by atoms with Gasteiger partial charge < -0.3 is 19.7 Å². The molecular formula is C29H28ClNO6. The molecule has 37 heavy (non-hydrogen) atoms. The number of hydrogen-bond acceptors (Lipinski definition) is 6. The minimum Gasteiger partial charge on any atom is -0.507 e. The quantitative estimate of drug-likeness (QED) is 0.234. The van der Waals surface area contributed by atoms with E-state index in [4.69, 9.17) is 21.1 Å². The number of carbonyl (C=O) groups excluding carboxylic acids is 2. The van der Waals surface area contributed by atoms with Crippen molar-refractivity contribution in [2.75, 3.05) is 18.6 Å². The molecule has 1 aliphatic rings. The number of phenolic OH excluding ortho intramolecular Hbond substituents is 1. The Bertz CT molecular complexity index is 1440. The van der Waals surface area contributed by atoms with Gasteiger partial charge in [0.1, 0.15) is 11.5 Å². The molecule has 0 aromatic heterocycles. The zero-order valence-electron chi connectivity index (χ0n) is 21.3. The van der Waals surface area contributed by atoms with Crippen LogP contribution in [0.2, 0.25) is 5.02 Å². The van der Waals surface area contributed by atoms with Gasteiger partial charge in [-0.2, -0.15) is 0 Å². The van der Waals surface area contributed by atoms with Crippen LogP contribution in [0.15, 0.2) is 54.1 Å².